The van der Waals surface area contributed by atoms with Crippen LogP contribution in [-0.2, 0) is 0 Å². The second-order valence-corrected chi connectivity index (χ2v) is 6.59. The number of urea groups is 1. The van der Waals surface area contributed by atoms with Gasteiger partial charge in [0.25, 0.3) is 0 Å². The Morgan fingerprint density at radius 3 is 2.36 bits per heavy atom. The normalized spacial score (nSPS) is 21.4. The second-order valence-electron chi connectivity index (χ2n) is 6.59. The molecule has 1 aliphatic rings. The standard InChI is InChI=1S/C19H24N4O2/c1-13(22-19(25)23-17-6-8-18(24)9-7-17)14-2-4-15(5-3-14)16-10-20-12-21-11-16/h2-5,10-13,17-18,24H,6-9H2,1H3,(H2,22,23,25). The summed E-state index contributed by atoms with van der Waals surface area (Å²) >= 11 is 0. The zero-order chi connectivity index (χ0) is 17.6. The number of hydrogen-bond donors (Lipinski definition) is 3. The van der Waals surface area contributed by atoms with Gasteiger partial charge in [-0.1, -0.05) is 24.3 Å². The molecule has 3 N–H and O–H groups in total. The summed E-state index contributed by atoms with van der Waals surface area (Å²) in [6, 6.07) is 7.93. The van der Waals surface area contributed by atoms with Crippen LogP contribution in [0.3, 0.4) is 0 Å². The van der Waals surface area contributed by atoms with Crippen molar-refractivity contribution in [1.29, 1.82) is 0 Å². The van der Waals surface area contributed by atoms with Crippen LogP contribution in [0.4, 0.5) is 4.79 Å². The van der Waals surface area contributed by atoms with E-state index in [-0.39, 0.29) is 24.2 Å². The molecule has 132 valence electrons. The Balaban J connectivity index is 1.54. The van der Waals surface area contributed by atoms with Gasteiger partial charge in [-0.05, 0) is 43.7 Å². The van der Waals surface area contributed by atoms with Crippen molar-refractivity contribution in [3.63, 3.8) is 0 Å². The van der Waals surface area contributed by atoms with Gasteiger partial charge in [0.15, 0.2) is 0 Å². The molecule has 1 fully saturated rings. The summed E-state index contributed by atoms with van der Waals surface area (Å²) in [6.45, 7) is 1.96. The molecule has 2 aromatic rings. The average molecular weight is 340 g/mol. The van der Waals surface area contributed by atoms with E-state index in [2.05, 4.69) is 20.6 Å². The van der Waals surface area contributed by atoms with Crippen molar-refractivity contribution in [1.82, 2.24) is 20.6 Å². The van der Waals surface area contributed by atoms with E-state index in [9.17, 15) is 9.90 Å². The van der Waals surface area contributed by atoms with Gasteiger partial charge in [-0.3, -0.25) is 0 Å². The van der Waals surface area contributed by atoms with Crippen LogP contribution in [0.15, 0.2) is 43.0 Å². The van der Waals surface area contributed by atoms with Crippen molar-refractivity contribution >= 4 is 6.03 Å². The molecule has 1 saturated carbocycles. The van der Waals surface area contributed by atoms with Crippen molar-refractivity contribution in [3.8, 4) is 11.1 Å². The van der Waals surface area contributed by atoms with Crippen LogP contribution in [-0.4, -0.2) is 33.3 Å². The predicted molar refractivity (Wildman–Crippen MR) is 95.8 cm³/mol. The Morgan fingerprint density at radius 1 is 1.08 bits per heavy atom. The highest BCUT2D eigenvalue weighted by Gasteiger charge is 2.21. The highest BCUT2D eigenvalue weighted by atomic mass is 16.3. The molecule has 3 rings (SSSR count). The Labute approximate surface area is 147 Å². The van der Waals surface area contributed by atoms with E-state index in [4.69, 9.17) is 0 Å². The molecule has 6 nitrogen and oxygen atoms in total. The summed E-state index contributed by atoms with van der Waals surface area (Å²) < 4.78 is 0. The van der Waals surface area contributed by atoms with Crippen molar-refractivity contribution in [2.24, 2.45) is 0 Å². The maximum Gasteiger partial charge on any atom is 0.315 e. The van der Waals surface area contributed by atoms with E-state index in [0.29, 0.717) is 0 Å². The van der Waals surface area contributed by atoms with Gasteiger partial charge in [0, 0.05) is 24.0 Å². The van der Waals surface area contributed by atoms with Crippen molar-refractivity contribution in [2.75, 3.05) is 0 Å². The molecule has 1 heterocycles. The van der Waals surface area contributed by atoms with Gasteiger partial charge in [0.2, 0.25) is 0 Å². The van der Waals surface area contributed by atoms with Crippen LogP contribution < -0.4 is 10.6 Å². The number of nitrogens with one attached hydrogen (secondary N) is 2. The quantitative estimate of drug-likeness (QED) is 0.799. The number of aliphatic hydroxyl groups is 1. The number of rotatable bonds is 4. The molecule has 2 amide bonds. The van der Waals surface area contributed by atoms with Crippen LogP contribution in [0.1, 0.15) is 44.2 Å². The lowest BCUT2D eigenvalue weighted by molar-refractivity contribution is 0.117. The van der Waals surface area contributed by atoms with Crippen molar-refractivity contribution in [2.45, 2.75) is 50.8 Å². The molecular formula is C19H24N4O2. The largest absolute Gasteiger partial charge is 0.393 e. The Hall–Kier alpha value is -2.47. The third-order valence-corrected chi connectivity index (χ3v) is 4.68. The number of benzene rings is 1. The third-order valence-electron chi connectivity index (χ3n) is 4.68. The van der Waals surface area contributed by atoms with E-state index < -0.39 is 0 Å². The smallest absolute Gasteiger partial charge is 0.315 e. The fourth-order valence-electron chi connectivity index (χ4n) is 3.14. The first kappa shape index (κ1) is 17.4. The van der Waals surface area contributed by atoms with E-state index >= 15 is 0 Å². The van der Waals surface area contributed by atoms with Gasteiger partial charge in [0.05, 0.1) is 12.1 Å². The van der Waals surface area contributed by atoms with Gasteiger partial charge in [-0.15, -0.1) is 0 Å². The van der Waals surface area contributed by atoms with Crippen LogP contribution in [0.5, 0.6) is 0 Å². The third kappa shape index (κ3) is 4.76. The van der Waals surface area contributed by atoms with Gasteiger partial charge in [-0.2, -0.15) is 0 Å². The molecule has 1 aliphatic carbocycles. The number of aliphatic hydroxyl groups excluding tert-OH is 1. The minimum Gasteiger partial charge on any atom is -0.393 e. The van der Waals surface area contributed by atoms with E-state index in [0.717, 1.165) is 42.4 Å². The summed E-state index contributed by atoms with van der Waals surface area (Å²) in [6.07, 6.45) is 8.02. The van der Waals surface area contributed by atoms with Crippen LogP contribution in [0.25, 0.3) is 11.1 Å². The molecule has 0 radical (unpaired) electrons. The maximum atomic E-state index is 12.2. The van der Waals surface area contributed by atoms with Crippen LogP contribution >= 0.6 is 0 Å². The van der Waals surface area contributed by atoms with Crippen molar-refractivity contribution in [3.05, 3.63) is 48.5 Å². The van der Waals surface area contributed by atoms with Crippen LogP contribution in [0.2, 0.25) is 0 Å². The zero-order valence-corrected chi connectivity index (χ0v) is 14.4. The Bertz CT molecular complexity index is 682. The topological polar surface area (TPSA) is 87.1 Å². The first-order chi connectivity index (χ1) is 12.1. The van der Waals surface area contributed by atoms with Crippen molar-refractivity contribution < 1.29 is 9.90 Å². The lowest BCUT2D eigenvalue weighted by Crippen LogP contribution is -2.44. The van der Waals surface area contributed by atoms with E-state index in [1.807, 2.05) is 31.2 Å². The summed E-state index contributed by atoms with van der Waals surface area (Å²) in [5, 5.41) is 15.5. The van der Waals surface area contributed by atoms with Gasteiger partial charge >= 0.3 is 6.03 Å². The number of hydrogen-bond acceptors (Lipinski definition) is 4. The number of carbonyl (C=O) groups is 1. The number of aromatic nitrogens is 2. The molecule has 0 bridgehead atoms. The summed E-state index contributed by atoms with van der Waals surface area (Å²) in [5.74, 6) is 0. The summed E-state index contributed by atoms with van der Waals surface area (Å²) in [4.78, 5) is 20.2. The fraction of sp³-hybridized carbons (Fsp3) is 0.421. The van der Waals surface area contributed by atoms with Gasteiger partial charge < -0.3 is 15.7 Å². The molecule has 0 spiro atoms. The SMILES string of the molecule is CC(NC(=O)NC1CCC(O)CC1)c1ccc(-c2cncnc2)cc1. The molecule has 0 saturated heterocycles. The minimum absolute atomic E-state index is 0.0877. The monoisotopic (exact) mass is 340 g/mol. The number of carbonyl (C=O) groups excluding carboxylic acids is 1. The lowest BCUT2D eigenvalue weighted by atomic mass is 9.93. The van der Waals surface area contributed by atoms with Gasteiger partial charge in [-0.25, -0.2) is 14.8 Å². The average Bonchev–Trinajstić information content (AvgIpc) is 2.64. The maximum absolute atomic E-state index is 12.2. The first-order valence-corrected chi connectivity index (χ1v) is 8.72. The minimum atomic E-state index is -0.214. The molecule has 1 atom stereocenters. The fourth-order valence-corrected chi connectivity index (χ4v) is 3.14. The summed E-state index contributed by atoms with van der Waals surface area (Å²) in [5.41, 5.74) is 3.04. The molecule has 0 aliphatic heterocycles. The predicted octanol–water partition coefficient (Wildman–Crippen LogP) is 2.81. The van der Waals surface area contributed by atoms with Gasteiger partial charge in [0.1, 0.15) is 6.33 Å². The van der Waals surface area contributed by atoms with E-state index in [1.54, 1.807) is 12.4 Å². The Morgan fingerprint density at radius 2 is 1.72 bits per heavy atom. The Kier molecular flexibility index (Phi) is 5.60. The molecular weight excluding hydrogens is 316 g/mol. The molecule has 1 aromatic carbocycles. The molecule has 1 unspecified atom stereocenters. The molecule has 1 aromatic heterocycles. The molecule has 25 heavy (non-hydrogen) atoms. The van der Waals surface area contributed by atoms with Crippen LogP contribution in [0, 0.1) is 0 Å². The molecule has 6 heteroatoms. The first-order valence-electron chi connectivity index (χ1n) is 8.72. The zero-order valence-electron chi connectivity index (χ0n) is 14.4. The summed E-state index contributed by atoms with van der Waals surface area (Å²) in [7, 11) is 0. The lowest BCUT2D eigenvalue weighted by Gasteiger charge is -2.27. The second kappa shape index (κ2) is 8.07. The van der Waals surface area contributed by atoms with E-state index in [1.165, 1.54) is 6.33 Å². The highest BCUT2D eigenvalue weighted by Crippen LogP contribution is 2.21. The number of nitrogens with zero attached hydrogens (tertiary/aromatic N) is 2. The number of amides is 2. The highest BCUT2D eigenvalue weighted by molar-refractivity contribution is 5.74.